The first-order valence-corrected chi connectivity index (χ1v) is 5.73. The number of aliphatic hydroxyl groups excluding tert-OH is 1. The van der Waals surface area contributed by atoms with Gasteiger partial charge in [-0.2, -0.15) is 0 Å². The van der Waals surface area contributed by atoms with Crippen LogP contribution in [0, 0.1) is 6.92 Å². The molecule has 2 heteroatoms. The van der Waals surface area contributed by atoms with Crippen LogP contribution in [0.5, 0.6) is 0 Å². The van der Waals surface area contributed by atoms with E-state index in [0.29, 0.717) is 5.56 Å². The van der Waals surface area contributed by atoms with E-state index >= 15 is 0 Å². The number of rotatable bonds is 3. The molecule has 2 aromatic carbocycles. The van der Waals surface area contributed by atoms with Crippen LogP contribution in [-0.4, -0.2) is 10.9 Å². The molecule has 0 atom stereocenters. The number of aliphatic hydroxyl groups is 1. The zero-order valence-corrected chi connectivity index (χ0v) is 10.1. The van der Waals surface area contributed by atoms with E-state index in [-0.39, 0.29) is 5.78 Å². The first kappa shape index (κ1) is 12.1. The molecular formula is C16H14O2. The lowest BCUT2D eigenvalue weighted by Gasteiger charge is -2.07. The Morgan fingerprint density at radius 3 is 2.39 bits per heavy atom. The van der Waals surface area contributed by atoms with Gasteiger partial charge in [0.1, 0.15) is 0 Å². The lowest BCUT2D eigenvalue weighted by atomic mass is 9.96. The SMILES string of the molecule is Cc1ccc(-c2ccccc2C(=O)/C=C/O)cc1. The van der Waals surface area contributed by atoms with E-state index in [2.05, 4.69) is 0 Å². The second-order valence-electron chi connectivity index (χ2n) is 4.09. The van der Waals surface area contributed by atoms with Gasteiger partial charge in [0.05, 0.1) is 6.26 Å². The van der Waals surface area contributed by atoms with E-state index in [1.165, 1.54) is 5.56 Å². The summed E-state index contributed by atoms with van der Waals surface area (Å²) in [4.78, 5) is 11.9. The minimum absolute atomic E-state index is 0.200. The van der Waals surface area contributed by atoms with Crippen LogP contribution in [0.2, 0.25) is 0 Å². The number of hydrogen-bond donors (Lipinski definition) is 1. The molecule has 0 aromatic heterocycles. The molecule has 0 saturated carbocycles. The van der Waals surface area contributed by atoms with E-state index < -0.39 is 0 Å². The first-order valence-electron chi connectivity index (χ1n) is 5.73. The van der Waals surface area contributed by atoms with Crippen LogP contribution in [0.25, 0.3) is 11.1 Å². The normalized spacial score (nSPS) is 10.7. The van der Waals surface area contributed by atoms with Gasteiger partial charge in [-0.3, -0.25) is 4.79 Å². The molecule has 2 nitrogen and oxygen atoms in total. The van der Waals surface area contributed by atoms with Crippen molar-refractivity contribution in [3.05, 3.63) is 72.0 Å². The summed E-state index contributed by atoms with van der Waals surface area (Å²) in [5, 5.41) is 8.69. The van der Waals surface area contributed by atoms with Crippen LogP contribution < -0.4 is 0 Å². The van der Waals surface area contributed by atoms with E-state index in [4.69, 9.17) is 5.11 Å². The minimum Gasteiger partial charge on any atom is -0.515 e. The summed E-state index contributed by atoms with van der Waals surface area (Å²) < 4.78 is 0. The predicted octanol–water partition coefficient (Wildman–Crippen LogP) is 3.92. The summed E-state index contributed by atoms with van der Waals surface area (Å²) >= 11 is 0. The topological polar surface area (TPSA) is 37.3 Å². The van der Waals surface area contributed by atoms with Gasteiger partial charge >= 0.3 is 0 Å². The zero-order chi connectivity index (χ0) is 13.0. The molecule has 18 heavy (non-hydrogen) atoms. The number of allylic oxidation sites excluding steroid dienone is 1. The molecule has 0 radical (unpaired) electrons. The molecule has 2 aromatic rings. The van der Waals surface area contributed by atoms with Gasteiger partial charge in [-0.25, -0.2) is 0 Å². The van der Waals surface area contributed by atoms with Gasteiger partial charge in [0.2, 0.25) is 0 Å². The molecular weight excluding hydrogens is 224 g/mol. The molecule has 0 heterocycles. The summed E-state index contributed by atoms with van der Waals surface area (Å²) in [6.07, 6.45) is 1.93. The third kappa shape index (κ3) is 2.48. The van der Waals surface area contributed by atoms with Gasteiger partial charge < -0.3 is 5.11 Å². The summed E-state index contributed by atoms with van der Waals surface area (Å²) in [5.41, 5.74) is 3.64. The van der Waals surface area contributed by atoms with Crippen molar-refractivity contribution >= 4 is 5.78 Å². The van der Waals surface area contributed by atoms with E-state index in [1.54, 1.807) is 6.07 Å². The Kier molecular flexibility index (Phi) is 3.58. The summed E-state index contributed by atoms with van der Waals surface area (Å²) in [6.45, 7) is 2.02. The fourth-order valence-electron chi connectivity index (χ4n) is 1.84. The van der Waals surface area contributed by atoms with Gasteiger partial charge in [-0.15, -0.1) is 0 Å². The highest BCUT2D eigenvalue weighted by Gasteiger charge is 2.09. The fourth-order valence-corrected chi connectivity index (χ4v) is 1.84. The Balaban J connectivity index is 2.51. The zero-order valence-electron chi connectivity index (χ0n) is 10.1. The second-order valence-corrected chi connectivity index (χ2v) is 4.09. The van der Waals surface area contributed by atoms with Crippen LogP contribution in [-0.2, 0) is 0 Å². The number of carbonyl (C=O) groups is 1. The lowest BCUT2D eigenvalue weighted by Crippen LogP contribution is -1.97. The van der Waals surface area contributed by atoms with Crippen molar-refractivity contribution in [3.63, 3.8) is 0 Å². The average Bonchev–Trinajstić information content (AvgIpc) is 2.40. The average molecular weight is 238 g/mol. The molecule has 0 aliphatic heterocycles. The molecule has 0 amide bonds. The highest BCUT2D eigenvalue weighted by molar-refractivity contribution is 6.08. The highest BCUT2D eigenvalue weighted by atomic mass is 16.2. The van der Waals surface area contributed by atoms with Crippen molar-refractivity contribution in [2.24, 2.45) is 0 Å². The molecule has 0 aliphatic rings. The lowest BCUT2D eigenvalue weighted by molar-refractivity contribution is 0.104. The predicted molar refractivity (Wildman–Crippen MR) is 72.7 cm³/mol. The van der Waals surface area contributed by atoms with Gasteiger partial charge in [0.15, 0.2) is 5.78 Å². The summed E-state index contributed by atoms with van der Waals surface area (Å²) in [6, 6.07) is 15.4. The molecule has 0 unspecified atom stereocenters. The van der Waals surface area contributed by atoms with Crippen LogP contribution in [0.15, 0.2) is 60.9 Å². The smallest absolute Gasteiger partial charge is 0.189 e. The van der Waals surface area contributed by atoms with E-state index in [1.807, 2.05) is 49.4 Å². The van der Waals surface area contributed by atoms with Crippen LogP contribution in [0.4, 0.5) is 0 Å². The molecule has 0 spiro atoms. The van der Waals surface area contributed by atoms with E-state index in [0.717, 1.165) is 23.5 Å². The van der Waals surface area contributed by atoms with Crippen LogP contribution in [0.1, 0.15) is 15.9 Å². The maximum Gasteiger partial charge on any atom is 0.189 e. The molecule has 1 N–H and O–H groups in total. The number of carbonyl (C=O) groups excluding carboxylic acids is 1. The van der Waals surface area contributed by atoms with Crippen LogP contribution in [0.3, 0.4) is 0 Å². The number of aryl methyl sites for hydroxylation is 1. The second kappa shape index (κ2) is 5.32. The number of benzene rings is 2. The molecule has 0 fully saturated rings. The Labute approximate surface area is 106 Å². The van der Waals surface area contributed by atoms with Gasteiger partial charge in [-0.05, 0) is 18.1 Å². The van der Waals surface area contributed by atoms with Gasteiger partial charge in [-0.1, -0.05) is 54.1 Å². The maximum absolute atomic E-state index is 11.9. The monoisotopic (exact) mass is 238 g/mol. The van der Waals surface area contributed by atoms with Crippen molar-refractivity contribution in [2.45, 2.75) is 6.92 Å². The highest BCUT2D eigenvalue weighted by Crippen LogP contribution is 2.24. The Hall–Kier alpha value is -2.35. The summed E-state index contributed by atoms with van der Waals surface area (Å²) in [5.74, 6) is -0.200. The number of hydrogen-bond acceptors (Lipinski definition) is 2. The molecule has 90 valence electrons. The quantitative estimate of drug-likeness (QED) is 0.500. The first-order chi connectivity index (χ1) is 8.72. The Bertz CT molecular complexity index is 580. The summed E-state index contributed by atoms with van der Waals surface area (Å²) in [7, 11) is 0. The third-order valence-corrected chi connectivity index (χ3v) is 2.78. The largest absolute Gasteiger partial charge is 0.515 e. The fraction of sp³-hybridized carbons (Fsp3) is 0.0625. The van der Waals surface area contributed by atoms with Crippen molar-refractivity contribution < 1.29 is 9.90 Å². The Morgan fingerprint density at radius 2 is 1.72 bits per heavy atom. The molecule has 0 bridgehead atoms. The minimum atomic E-state index is -0.200. The van der Waals surface area contributed by atoms with Crippen LogP contribution >= 0.6 is 0 Å². The van der Waals surface area contributed by atoms with Crippen molar-refractivity contribution in [2.75, 3.05) is 0 Å². The van der Waals surface area contributed by atoms with Gasteiger partial charge in [0.25, 0.3) is 0 Å². The standard InChI is InChI=1S/C16H14O2/c1-12-6-8-13(9-7-12)14-4-2-3-5-15(14)16(18)10-11-17/h2-11,17H,1H3/b11-10+. The molecule has 2 rings (SSSR count). The van der Waals surface area contributed by atoms with Crippen molar-refractivity contribution in [1.82, 2.24) is 0 Å². The third-order valence-electron chi connectivity index (χ3n) is 2.78. The number of ketones is 1. The maximum atomic E-state index is 11.9. The molecule has 0 saturated heterocycles. The van der Waals surface area contributed by atoms with E-state index in [9.17, 15) is 4.79 Å². The van der Waals surface area contributed by atoms with Crippen molar-refractivity contribution in [1.29, 1.82) is 0 Å². The Morgan fingerprint density at radius 1 is 1.06 bits per heavy atom. The van der Waals surface area contributed by atoms with Crippen molar-refractivity contribution in [3.8, 4) is 11.1 Å². The molecule has 0 aliphatic carbocycles. The van der Waals surface area contributed by atoms with Gasteiger partial charge in [0, 0.05) is 11.6 Å².